The molecule has 1 saturated carbocycles. The van der Waals surface area contributed by atoms with Gasteiger partial charge in [-0.25, -0.2) is 9.78 Å². The van der Waals surface area contributed by atoms with Crippen molar-refractivity contribution in [2.75, 3.05) is 13.7 Å². The van der Waals surface area contributed by atoms with Crippen LogP contribution in [0.4, 0.5) is 4.79 Å². The Morgan fingerprint density at radius 2 is 1.92 bits per heavy atom. The number of aliphatic carboxylic acids is 1. The monoisotopic (exact) mass is 500 g/mol. The van der Waals surface area contributed by atoms with Crippen LogP contribution in [-0.4, -0.2) is 45.3 Å². The Labute approximate surface area is 216 Å². The van der Waals surface area contributed by atoms with Crippen molar-refractivity contribution in [1.82, 2.24) is 14.5 Å². The SMILES string of the molecule is COC(=O)N1CCc2c(C#N)cc3c(nc(C4CCC(C(=O)O)CC4)n3[C@@H](C)Cc3ccccc3)c2C1. The highest BCUT2D eigenvalue weighted by molar-refractivity contribution is 5.85. The van der Waals surface area contributed by atoms with Gasteiger partial charge in [0.15, 0.2) is 0 Å². The van der Waals surface area contributed by atoms with Gasteiger partial charge in [-0.2, -0.15) is 5.26 Å². The largest absolute Gasteiger partial charge is 0.481 e. The van der Waals surface area contributed by atoms with E-state index in [1.54, 1.807) is 4.90 Å². The average molecular weight is 501 g/mol. The molecule has 0 bridgehead atoms. The zero-order chi connectivity index (χ0) is 26.1. The van der Waals surface area contributed by atoms with Crippen LogP contribution in [0.15, 0.2) is 36.4 Å². The summed E-state index contributed by atoms with van der Waals surface area (Å²) in [4.78, 5) is 30.8. The Kier molecular flexibility index (Phi) is 6.88. The number of ether oxygens (including phenoxy) is 1. The van der Waals surface area contributed by atoms with Crippen LogP contribution in [0.3, 0.4) is 0 Å². The minimum atomic E-state index is -0.722. The first-order valence-corrected chi connectivity index (χ1v) is 13.0. The molecule has 1 atom stereocenters. The minimum absolute atomic E-state index is 0.0736. The number of nitriles is 1. The van der Waals surface area contributed by atoms with Crippen molar-refractivity contribution in [3.8, 4) is 6.07 Å². The smallest absolute Gasteiger partial charge is 0.409 e. The summed E-state index contributed by atoms with van der Waals surface area (Å²) < 4.78 is 7.25. The van der Waals surface area contributed by atoms with E-state index in [0.29, 0.717) is 37.9 Å². The maximum atomic E-state index is 12.3. The topological polar surface area (TPSA) is 108 Å². The van der Waals surface area contributed by atoms with E-state index in [0.717, 1.165) is 47.2 Å². The normalized spacial score (nSPS) is 20.2. The minimum Gasteiger partial charge on any atom is -0.481 e. The molecule has 1 N–H and O–H groups in total. The molecule has 3 aromatic rings. The molecule has 1 fully saturated rings. The zero-order valence-corrected chi connectivity index (χ0v) is 21.3. The maximum absolute atomic E-state index is 12.3. The van der Waals surface area contributed by atoms with E-state index in [9.17, 15) is 20.0 Å². The Morgan fingerprint density at radius 3 is 2.57 bits per heavy atom. The number of aromatic nitrogens is 2. The standard InChI is InChI=1S/C29H32N4O4/c1-18(14-19-6-4-3-5-7-19)33-25-15-22(16-30)23-12-13-32(29(36)37-2)17-24(23)26(25)31-27(33)20-8-10-21(11-9-20)28(34)35/h3-7,15,18,20-21H,8-14,17H2,1-2H3,(H,34,35)/t18-,20?,21?/m0/s1. The number of carboxylic acids is 1. The molecule has 1 aliphatic heterocycles. The number of hydrogen-bond donors (Lipinski definition) is 1. The van der Waals surface area contributed by atoms with Crippen molar-refractivity contribution in [3.05, 3.63) is 64.5 Å². The molecule has 0 spiro atoms. The molecular formula is C29H32N4O4. The number of carbonyl (C=O) groups excluding carboxylic acids is 1. The fraction of sp³-hybridized carbons (Fsp3) is 0.448. The number of benzene rings is 2. The van der Waals surface area contributed by atoms with Crippen LogP contribution in [0, 0.1) is 17.2 Å². The van der Waals surface area contributed by atoms with Crippen LogP contribution >= 0.6 is 0 Å². The number of carboxylic acid groups (broad SMARTS) is 1. The molecule has 2 aromatic carbocycles. The second kappa shape index (κ2) is 10.3. The van der Waals surface area contributed by atoms with E-state index < -0.39 is 5.97 Å². The van der Waals surface area contributed by atoms with Crippen LogP contribution < -0.4 is 0 Å². The van der Waals surface area contributed by atoms with Crippen LogP contribution in [0.1, 0.15) is 72.6 Å². The lowest BCUT2D eigenvalue weighted by Crippen LogP contribution is -2.36. The number of fused-ring (bicyclic) bond motifs is 3. The Balaban J connectivity index is 1.64. The molecule has 192 valence electrons. The van der Waals surface area contributed by atoms with Gasteiger partial charge in [-0.3, -0.25) is 4.79 Å². The third-order valence-corrected chi connectivity index (χ3v) is 8.02. The molecule has 37 heavy (non-hydrogen) atoms. The van der Waals surface area contributed by atoms with E-state index in [1.807, 2.05) is 24.3 Å². The predicted octanol–water partition coefficient (Wildman–Crippen LogP) is 5.19. The first-order chi connectivity index (χ1) is 17.9. The number of imidazole rings is 1. The van der Waals surface area contributed by atoms with Gasteiger partial charge in [-0.05, 0) is 62.6 Å². The fourth-order valence-corrected chi connectivity index (χ4v) is 6.11. The van der Waals surface area contributed by atoms with Gasteiger partial charge in [-0.1, -0.05) is 30.3 Å². The van der Waals surface area contributed by atoms with Gasteiger partial charge in [0.25, 0.3) is 0 Å². The second-order valence-corrected chi connectivity index (χ2v) is 10.3. The summed E-state index contributed by atoms with van der Waals surface area (Å²) in [7, 11) is 1.38. The van der Waals surface area contributed by atoms with E-state index in [4.69, 9.17) is 9.72 Å². The highest BCUT2D eigenvalue weighted by Crippen LogP contribution is 2.40. The van der Waals surface area contributed by atoms with Crippen molar-refractivity contribution in [1.29, 1.82) is 5.26 Å². The quantitative estimate of drug-likeness (QED) is 0.516. The summed E-state index contributed by atoms with van der Waals surface area (Å²) in [6.07, 6.45) is 3.79. The fourth-order valence-electron chi connectivity index (χ4n) is 6.11. The van der Waals surface area contributed by atoms with E-state index in [-0.39, 0.29) is 24.0 Å². The molecule has 2 heterocycles. The molecular weight excluding hydrogens is 468 g/mol. The van der Waals surface area contributed by atoms with Crippen molar-refractivity contribution < 1.29 is 19.4 Å². The van der Waals surface area contributed by atoms with Crippen molar-refractivity contribution in [2.24, 2.45) is 5.92 Å². The molecule has 1 aromatic heterocycles. The number of rotatable bonds is 5. The number of nitrogens with zero attached hydrogens (tertiary/aromatic N) is 4. The number of carbonyl (C=O) groups is 2. The molecule has 8 heteroatoms. The summed E-state index contributed by atoms with van der Waals surface area (Å²) >= 11 is 0. The lowest BCUT2D eigenvalue weighted by molar-refractivity contribution is -0.142. The van der Waals surface area contributed by atoms with Gasteiger partial charge in [0.2, 0.25) is 0 Å². The van der Waals surface area contributed by atoms with Crippen LogP contribution in [-0.2, 0) is 28.9 Å². The Hall–Kier alpha value is -3.86. The van der Waals surface area contributed by atoms with E-state index in [1.165, 1.54) is 12.7 Å². The summed E-state index contributed by atoms with van der Waals surface area (Å²) in [5.41, 5.74) is 5.45. The third-order valence-electron chi connectivity index (χ3n) is 8.02. The second-order valence-electron chi connectivity index (χ2n) is 10.3. The van der Waals surface area contributed by atoms with E-state index >= 15 is 0 Å². The van der Waals surface area contributed by atoms with Gasteiger partial charge < -0.3 is 19.3 Å². The van der Waals surface area contributed by atoms with Crippen molar-refractivity contribution >= 4 is 23.1 Å². The molecule has 0 unspecified atom stereocenters. The molecule has 8 nitrogen and oxygen atoms in total. The van der Waals surface area contributed by atoms with Gasteiger partial charge >= 0.3 is 12.1 Å². The lowest BCUT2D eigenvalue weighted by atomic mass is 9.81. The van der Waals surface area contributed by atoms with Crippen LogP contribution in [0.25, 0.3) is 11.0 Å². The summed E-state index contributed by atoms with van der Waals surface area (Å²) in [6, 6.07) is 14.7. The molecule has 0 saturated heterocycles. The Morgan fingerprint density at radius 1 is 1.19 bits per heavy atom. The molecule has 2 aliphatic rings. The Bertz CT molecular complexity index is 1370. The molecule has 1 aliphatic carbocycles. The lowest BCUT2D eigenvalue weighted by Gasteiger charge is -2.29. The van der Waals surface area contributed by atoms with Gasteiger partial charge in [-0.15, -0.1) is 0 Å². The highest BCUT2D eigenvalue weighted by Gasteiger charge is 2.33. The van der Waals surface area contributed by atoms with Crippen LogP contribution in [0.2, 0.25) is 0 Å². The summed E-state index contributed by atoms with van der Waals surface area (Å²) in [5, 5.41) is 19.5. The molecule has 5 rings (SSSR count). The van der Waals surface area contributed by atoms with Gasteiger partial charge in [0.05, 0.1) is 42.2 Å². The molecule has 0 radical (unpaired) electrons. The number of hydrogen-bond acceptors (Lipinski definition) is 5. The van der Waals surface area contributed by atoms with Crippen molar-refractivity contribution in [3.63, 3.8) is 0 Å². The molecule has 1 amide bonds. The number of amides is 1. The zero-order valence-electron chi connectivity index (χ0n) is 21.3. The van der Waals surface area contributed by atoms with Gasteiger partial charge in [0, 0.05) is 24.1 Å². The maximum Gasteiger partial charge on any atom is 0.409 e. The highest BCUT2D eigenvalue weighted by atomic mass is 16.5. The number of methoxy groups -OCH3 is 1. The van der Waals surface area contributed by atoms with Gasteiger partial charge in [0.1, 0.15) is 5.82 Å². The van der Waals surface area contributed by atoms with Crippen molar-refractivity contribution in [2.45, 2.75) is 64.0 Å². The van der Waals surface area contributed by atoms with E-state index in [2.05, 4.69) is 29.7 Å². The predicted molar refractivity (Wildman–Crippen MR) is 138 cm³/mol. The average Bonchev–Trinajstić information content (AvgIpc) is 3.32. The summed E-state index contributed by atoms with van der Waals surface area (Å²) in [6.45, 7) is 3.02. The first kappa shape index (κ1) is 24.8. The third kappa shape index (κ3) is 4.66. The summed E-state index contributed by atoms with van der Waals surface area (Å²) in [5.74, 6) is 0.0693. The van der Waals surface area contributed by atoms with Crippen LogP contribution in [0.5, 0.6) is 0 Å². The first-order valence-electron chi connectivity index (χ1n) is 13.0.